The molecule has 0 aromatic rings. The van der Waals surface area contributed by atoms with E-state index in [1.54, 1.807) is 13.8 Å². The second-order valence-corrected chi connectivity index (χ2v) is 12.0. The number of hydrogen-bond donors (Lipinski definition) is 0. The quantitative estimate of drug-likeness (QED) is 0.360. The van der Waals surface area contributed by atoms with Crippen LogP contribution in [-0.2, 0) is 0 Å². The Morgan fingerprint density at radius 3 is 1.09 bits per heavy atom. The maximum Gasteiger partial charge on any atom is 0.394 e. The second kappa shape index (κ2) is 11.9. The van der Waals surface area contributed by atoms with Crippen molar-refractivity contribution in [3.63, 3.8) is 0 Å². The largest absolute Gasteiger partial charge is 0.394 e. The van der Waals surface area contributed by atoms with Gasteiger partial charge in [-0.1, -0.05) is 81.1 Å². The van der Waals surface area contributed by atoms with Crippen molar-refractivity contribution in [1.29, 1.82) is 0 Å². The van der Waals surface area contributed by atoms with Gasteiger partial charge in [-0.2, -0.15) is 13.2 Å². The molecule has 0 spiro atoms. The van der Waals surface area contributed by atoms with Gasteiger partial charge in [0.2, 0.25) is 0 Å². The molecule has 0 amide bonds. The molecule has 5 heteroatoms. The first-order chi connectivity index (χ1) is 14.5. The average molecular weight is 469 g/mol. The van der Waals surface area contributed by atoms with E-state index in [2.05, 4.69) is 27.7 Å². The molecule has 1 unspecified atom stereocenters. The number of hydrogen-bond acceptors (Lipinski definition) is 0. The number of halogens is 5. The molecule has 192 valence electrons. The van der Waals surface area contributed by atoms with E-state index in [4.69, 9.17) is 0 Å². The first kappa shape index (κ1) is 29.7. The third-order valence-electron chi connectivity index (χ3n) is 8.05. The Balaban J connectivity index is 0.000000216. The van der Waals surface area contributed by atoms with Crippen molar-refractivity contribution in [1.82, 2.24) is 0 Å². The smallest absolute Gasteiger partial charge is 0.207 e. The summed E-state index contributed by atoms with van der Waals surface area (Å²) in [5.74, 6) is 1.34. The van der Waals surface area contributed by atoms with E-state index in [-0.39, 0.29) is 24.2 Å². The lowest BCUT2D eigenvalue weighted by Gasteiger charge is -2.22. The van der Waals surface area contributed by atoms with Gasteiger partial charge in [0.15, 0.2) is 0 Å². The molecule has 4 aliphatic rings. The van der Waals surface area contributed by atoms with E-state index in [9.17, 15) is 22.0 Å². The summed E-state index contributed by atoms with van der Waals surface area (Å²) in [6.45, 7) is 16.2. The van der Waals surface area contributed by atoms with Gasteiger partial charge >= 0.3 is 6.18 Å². The van der Waals surface area contributed by atoms with Crippen LogP contribution in [0.4, 0.5) is 22.0 Å². The molecule has 0 N–H and O–H groups in total. The number of rotatable bonds is 4. The standard InChI is InChI=1S/C8H16.C7H11F3.C6H10F2.C6H12/c1-7(2)8-5-3-4-6-8;1-5(2)6(3-4-6)7(8,9)10;1-4(2)5-3-6(5,7)8;1-5(2)6-3-4-6/h7-8H,3-6H2,1-2H3;5H,3-4H2,1-2H3;4-5H,3H2,1-2H3;5-6H,3-4H2,1-2H3. The molecule has 32 heavy (non-hydrogen) atoms. The van der Waals surface area contributed by atoms with Crippen molar-refractivity contribution in [3.05, 3.63) is 0 Å². The molecule has 0 aliphatic heterocycles. The maximum absolute atomic E-state index is 12.1. The highest BCUT2D eigenvalue weighted by atomic mass is 19.4. The average Bonchev–Trinajstić information content (AvgIpc) is 3.54. The van der Waals surface area contributed by atoms with Crippen molar-refractivity contribution >= 4 is 0 Å². The van der Waals surface area contributed by atoms with E-state index < -0.39 is 17.5 Å². The second-order valence-electron chi connectivity index (χ2n) is 12.0. The summed E-state index contributed by atoms with van der Waals surface area (Å²) in [5, 5.41) is 0. The van der Waals surface area contributed by atoms with E-state index in [0.29, 0.717) is 12.8 Å². The molecule has 0 aromatic heterocycles. The van der Waals surface area contributed by atoms with E-state index >= 15 is 0 Å². The van der Waals surface area contributed by atoms with Crippen LogP contribution in [0.25, 0.3) is 0 Å². The molecule has 0 heterocycles. The Kier molecular flexibility index (Phi) is 11.0. The summed E-state index contributed by atoms with van der Waals surface area (Å²) >= 11 is 0. The zero-order chi connectivity index (χ0) is 24.9. The molecule has 0 nitrogen and oxygen atoms in total. The zero-order valence-corrected chi connectivity index (χ0v) is 21.8. The third-order valence-corrected chi connectivity index (χ3v) is 8.05. The molecular formula is C27H49F5. The zero-order valence-electron chi connectivity index (χ0n) is 21.8. The molecule has 0 saturated heterocycles. The van der Waals surface area contributed by atoms with Crippen LogP contribution in [-0.4, -0.2) is 12.1 Å². The minimum Gasteiger partial charge on any atom is -0.207 e. The Bertz CT molecular complexity index is 510. The normalized spacial score (nSPS) is 25.6. The van der Waals surface area contributed by atoms with E-state index in [0.717, 1.165) is 23.7 Å². The van der Waals surface area contributed by atoms with Gasteiger partial charge in [0.05, 0.1) is 5.41 Å². The van der Waals surface area contributed by atoms with Crippen molar-refractivity contribution in [2.24, 2.45) is 46.8 Å². The molecule has 4 saturated carbocycles. The molecular weight excluding hydrogens is 419 g/mol. The molecule has 0 radical (unpaired) electrons. The van der Waals surface area contributed by atoms with Crippen LogP contribution in [0.3, 0.4) is 0 Å². The number of alkyl halides is 5. The predicted molar refractivity (Wildman–Crippen MR) is 125 cm³/mol. The lowest BCUT2D eigenvalue weighted by atomic mass is 9.92. The molecule has 1 atom stereocenters. The minimum absolute atomic E-state index is 0.116. The fraction of sp³-hybridized carbons (Fsp3) is 1.00. The SMILES string of the molecule is CC(C)C1(C(F)(F)F)CC1.CC(C)C1CC1.CC(C)C1CC1(F)F.CC(C)C1CCCC1. The Labute approximate surface area is 194 Å². The molecule has 4 fully saturated rings. The van der Waals surface area contributed by atoms with Gasteiger partial charge in [0.25, 0.3) is 5.92 Å². The van der Waals surface area contributed by atoms with Gasteiger partial charge in [-0.25, -0.2) is 8.78 Å². The highest BCUT2D eigenvalue weighted by Gasteiger charge is 2.64. The Morgan fingerprint density at radius 1 is 0.656 bits per heavy atom. The summed E-state index contributed by atoms with van der Waals surface area (Å²) in [7, 11) is 0. The topological polar surface area (TPSA) is 0 Å². The predicted octanol–water partition coefficient (Wildman–Crippen LogP) is 10.2. The fourth-order valence-electron chi connectivity index (χ4n) is 4.67. The van der Waals surface area contributed by atoms with Crippen molar-refractivity contribution in [3.8, 4) is 0 Å². The maximum atomic E-state index is 12.1. The fourth-order valence-corrected chi connectivity index (χ4v) is 4.67. The summed E-state index contributed by atoms with van der Waals surface area (Å²) in [4.78, 5) is 0. The van der Waals surface area contributed by atoms with E-state index in [1.165, 1.54) is 38.5 Å². The van der Waals surface area contributed by atoms with Crippen molar-refractivity contribution in [2.75, 3.05) is 0 Å². The van der Waals surface area contributed by atoms with Gasteiger partial charge in [0.1, 0.15) is 0 Å². The van der Waals surface area contributed by atoms with Gasteiger partial charge in [-0.15, -0.1) is 0 Å². The summed E-state index contributed by atoms with van der Waals surface area (Å²) in [5.41, 5.74) is -1.31. The van der Waals surface area contributed by atoms with Crippen LogP contribution < -0.4 is 0 Å². The first-order valence-corrected chi connectivity index (χ1v) is 13.0. The molecule has 0 bridgehead atoms. The van der Waals surface area contributed by atoms with Gasteiger partial charge in [0, 0.05) is 12.3 Å². The van der Waals surface area contributed by atoms with Crippen molar-refractivity contribution in [2.45, 2.75) is 125 Å². The van der Waals surface area contributed by atoms with Gasteiger partial charge in [-0.05, 0) is 61.2 Å². The van der Waals surface area contributed by atoms with Crippen LogP contribution >= 0.6 is 0 Å². The molecule has 4 rings (SSSR count). The summed E-state index contributed by atoms with van der Waals surface area (Å²) < 4.78 is 60.5. The molecule has 4 aliphatic carbocycles. The first-order valence-electron chi connectivity index (χ1n) is 13.0. The van der Waals surface area contributed by atoms with E-state index in [1.807, 2.05) is 13.8 Å². The lowest BCUT2D eigenvalue weighted by molar-refractivity contribution is -0.199. The monoisotopic (exact) mass is 468 g/mol. The van der Waals surface area contributed by atoms with Crippen LogP contribution in [0.2, 0.25) is 0 Å². The highest BCUT2D eigenvalue weighted by molar-refractivity contribution is 5.01. The van der Waals surface area contributed by atoms with Crippen molar-refractivity contribution < 1.29 is 22.0 Å². The Morgan fingerprint density at radius 2 is 1.03 bits per heavy atom. The van der Waals surface area contributed by atoms with Gasteiger partial charge < -0.3 is 0 Å². The summed E-state index contributed by atoms with van der Waals surface area (Å²) in [6, 6.07) is 0. The van der Waals surface area contributed by atoms with Gasteiger partial charge in [-0.3, -0.25) is 0 Å². The minimum atomic E-state index is -3.97. The van der Waals surface area contributed by atoms with Crippen LogP contribution in [0.15, 0.2) is 0 Å². The third kappa shape index (κ3) is 9.49. The lowest BCUT2D eigenvalue weighted by Crippen LogP contribution is -2.29. The van der Waals surface area contributed by atoms with Crippen LogP contribution in [0.5, 0.6) is 0 Å². The van der Waals surface area contributed by atoms with Crippen LogP contribution in [0.1, 0.15) is 113 Å². The molecule has 0 aromatic carbocycles. The summed E-state index contributed by atoms with van der Waals surface area (Å²) in [6.07, 6.45) is 5.77. The highest BCUT2D eigenvalue weighted by Crippen LogP contribution is 2.62. The Hall–Kier alpha value is -0.350. The van der Waals surface area contributed by atoms with Crippen LogP contribution in [0, 0.1) is 46.8 Å².